The maximum Gasteiger partial charge on any atom is 0.106 e. The Hall–Kier alpha value is -0.120. The molecule has 0 bridgehead atoms. The highest BCUT2D eigenvalue weighted by molar-refractivity contribution is 7.09. The van der Waals surface area contributed by atoms with Crippen molar-refractivity contribution in [3.05, 3.63) is 16.6 Å². The lowest BCUT2D eigenvalue weighted by molar-refractivity contribution is 0.429. The fourth-order valence-electron chi connectivity index (χ4n) is 0.702. The van der Waals surface area contributed by atoms with Crippen LogP contribution in [0.15, 0.2) is 11.6 Å². The molecule has 1 rings (SSSR count). The average molecular weight is 205 g/mol. The van der Waals surface area contributed by atoms with Gasteiger partial charge in [0.15, 0.2) is 0 Å². The molecular weight excluding hydrogens is 192 g/mol. The topological polar surface area (TPSA) is 24.9 Å². The molecule has 1 aromatic rings. The van der Waals surface area contributed by atoms with Gasteiger partial charge in [-0.15, -0.1) is 22.9 Å². The molecule has 0 aliphatic carbocycles. The van der Waals surface area contributed by atoms with Crippen molar-refractivity contribution in [1.29, 1.82) is 0 Å². The van der Waals surface area contributed by atoms with E-state index >= 15 is 0 Å². The van der Waals surface area contributed by atoms with Crippen molar-refractivity contribution in [1.82, 2.24) is 10.3 Å². The summed E-state index contributed by atoms with van der Waals surface area (Å²) in [4.78, 5) is 4.17. The van der Waals surface area contributed by atoms with E-state index in [2.05, 4.69) is 24.1 Å². The Morgan fingerprint density at radius 2 is 2.42 bits per heavy atom. The van der Waals surface area contributed by atoms with E-state index in [1.165, 1.54) is 0 Å². The average Bonchev–Trinajstić information content (AvgIpc) is 2.53. The third kappa shape index (κ3) is 3.09. The smallest absolute Gasteiger partial charge is 0.106 e. The van der Waals surface area contributed by atoms with Crippen LogP contribution in [0.2, 0.25) is 0 Å². The van der Waals surface area contributed by atoms with Crippen molar-refractivity contribution in [2.75, 3.05) is 5.88 Å². The molecule has 0 spiro atoms. The molecule has 0 amide bonds. The lowest BCUT2D eigenvalue weighted by atomic mass is 10.1. The summed E-state index contributed by atoms with van der Waals surface area (Å²) >= 11 is 7.41. The zero-order chi connectivity index (χ0) is 9.03. The maximum atomic E-state index is 5.75. The minimum Gasteiger partial charge on any atom is -0.304 e. The number of nitrogens with one attached hydrogen (secondary N) is 1. The molecule has 0 atom stereocenters. The number of nitrogens with zero attached hydrogens (tertiary/aromatic N) is 1. The van der Waals surface area contributed by atoms with Crippen LogP contribution < -0.4 is 5.32 Å². The second-order valence-electron chi connectivity index (χ2n) is 3.30. The van der Waals surface area contributed by atoms with Gasteiger partial charge in [0.2, 0.25) is 0 Å². The van der Waals surface area contributed by atoms with Crippen molar-refractivity contribution in [3.63, 3.8) is 0 Å². The maximum absolute atomic E-state index is 5.75. The zero-order valence-electron chi connectivity index (χ0n) is 7.30. The van der Waals surface area contributed by atoms with Crippen LogP contribution in [-0.2, 0) is 6.54 Å². The molecular formula is C8H13ClN2S. The number of rotatable bonds is 4. The second kappa shape index (κ2) is 4.21. The summed E-state index contributed by atoms with van der Waals surface area (Å²) in [6, 6.07) is 0. The molecule has 0 aliphatic heterocycles. The van der Waals surface area contributed by atoms with E-state index < -0.39 is 0 Å². The molecule has 0 saturated heterocycles. The van der Waals surface area contributed by atoms with Gasteiger partial charge in [0, 0.05) is 29.5 Å². The largest absolute Gasteiger partial charge is 0.304 e. The SMILES string of the molecule is CC(C)(CCl)NCc1nccs1. The monoisotopic (exact) mass is 204 g/mol. The first-order valence-electron chi connectivity index (χ1n) is 3.83. The predicted octanol–water partition coefficient (Wildman–Crippen LogP) is 2.25. The first-order chi connectivity index (χ1) is 5.64. The minimum absolute atomic E-state index is 0.00672. The van der Waals surface area contributed by atoms with Gasteiger partial charge in [-0.3, -0.25) is 0 Å². The van der Waals surface area contributed by atoms with Gasteiger partial charge < -0.3 is 5.32 Å². The van der Waals surface area contributed by atoms with E-state index in [0.717, 1.165) is 11.6 Å². The lowest BCUT2D eigenvalue weighted by Gasteiger charge is -2.22. The normalized spacial score (nSPS) is 11.9. The molecule has 2 nitrogen and oxygen atoms in total. The summed E-state index contributed by atoms with van der Waals surface area (Å²) in [6.07, 6.45) is 1.81. The fourth-order valence-corrected chi connectivity index (χ4v) is 1.35. The molecule has 0 aliphatic rings. The van der Waals surface area contributed by atoms with Crippen molar-refractivity contribution in [2.24, 2.45) is 0 Å². The summed E-state index contributed by atoms with van der Waals surface area (Å²) in [6.45, 7) is 4.96. The molecule has 1 N–H and O–H groups in total. The number of halogens is 1. The van der Waals surface area contributed by atoms with Crippen LogP contribution in [-0.4, -0.2) is 16.4 Å². The Kier molecular flexibility index (Phi) is 3.50. The van der Waals surface area contributed by atoms with Crippen LogP contribution in [0.4, 0.5) is 0 Å². The van der Waals surface area contributed by atoms with Gasteiger partial charge in [0.25, 0.3) is 0 Å². The summed E-state index contributed by atoms with van der Waals surface area (Å²) in [5.74, 6) is 0.609. The van der Waals surface area contributed by atoms with Gasteiger partial charge in [0.05, 0.1) is 0 Å². The van der Waals surface area contributed by atoms with E-state index in [1.54, 1.807) is 11.3 Å². The Balaban J connectivity index is 2.36. The summed E-state index contributed by atoms with van der Waals surface area (Å²) in [5, 5.41) is 6.41. The quantitative estimate of drug-likeness (QED) is 0.762. The standard InChI is InChI=1S/C8H13ClN2S/c1-8(2,6-9)11-5-7-10-3-4-12-7/h3-4,11H,5-6H2,1-2H3. The zero-order valence-corrected chi connectivity index (χ0v) is 8.87. The molecule has 4 heteroatoms. The van der Waals surface area contributed by atoms with Crippen molar-refractivity contribution in [2.45, 2.75) is 25.9 Å². The highest BCUT2D eigenvalue weighted by atomic mass is 35.5. The van der Waals surface area contributed by atoms with Crippen LogP contribution in [0.1, 0.15) is 18.9 Å². The van der Waals surface area contributed by atoms with E-state index in [0.29, 0.717) is 5.88 Å². The minimum atomic E-state index is -0.00672. The number of thiazole rings is 1. The van der Waals surface area contributed by atoms with Crippen LogP contribution in [0.25, 0.3) is 0 Å². The van der Waals surface area contributed by atoms with Gasteiger partial charge >= 0.3 is 0 Å². The van der Waals surface area contributed by atoms with Gasteiger partial charge in [-0.1, -0.05) is 0 Å². The van der Waals surface area contributed by atoms with Gasteiger partial charge in [-0.2, -0.15) is 0 Å². The number of aromatic nitrogens is 1. The summed E-state index contributed by atoms with van der Waals surface area (Å²) in [5.41, 5.74) is -0.00672. The number of hydrogen-bond donors (Lipinski definition) is 1. The third-order valence-corrected chi connectivity index (χ3v) is 2.98. The van der Waals surface area contributed by atoms with E-state index in [-0.39, 0.29) is 5.54 Å². The molecule has 1 heterocycles. The molecule has 1 aromatic heterocycles. The third-order valence-electron chi connectivity index (χ3n) is 1.54. The van der Waals surface area contributed by atoms with Crippen LogP contribution in [0, 0.1) is 0 Å². The van der Waals surface area contributed by atoms with Crippen molar-refractivity contribution >= 4 is 22.9 Å². The highest BCUT2D eigenvalue weighted by Gasteiger charge is 2.14. The molecule has 12 heavy (non-hydrogen) atoms. The first kappa shape index (κ1) is 9.96. The van der Waals surface area contributed by atoms with Gasteiger partial charge in [-0.25, -0.2) is 4.98 Å². The highest BCUT2D eigenvalue weighted by Crippen LogP contribution is 2.08. The first-order valence-corrected chi connectivity index (χ1v) is 5.25. The Labute approximate surface area is 82.0 Å². The summed E-state index contributed by atoms with van der Waals surface area (Å²) in [7, 11) is 0. The van der Waals surface area contributed by atoms with Crippen molar-refractivity contribution in [3.8, 4) is 0 Å². The Morgan fingerprint density at radius 3 is 2.92 bits per heavy atom. The molecule has 0 saturated carbocycles. The summed E-state index contributed by atoms with van der Waals surface area (Å²) < 4.78 is 0. The second-order valence-corrected chi connectivity index (χ2v) is 4.54. The molecule has 0 aromatic carbocycles. The molecule has 0 radical (unpaired) electrons. The number of alkyl halides is 1. The predicted molar refractivity (Wildman–Crippen MR) is 53.8 cm³/mol. The van der Waals surface area contributed by atoms with Crippen LogP contribution in [0.5, 0.6) is 0 Å². The van der Waals surface area contributed by atoms with Crippen LogP contribution in [0.3, 0.4) is 0 Å². The van der Waals surface area contributed by atoms with Gasteiger partial charge in [0.1, 0.15) is 5.01 Å². The van der Waals surface area contributed by atoms with E-state index in [9.17, 15) is 0 Å². The molecule has 0 fully saturated rings. The van der Waals surface area contributed by atoms with E-state index in [4.69, 9.17) is 11.6 Å². The van der Waals surface area contributed by atoms with Gasteiger partial charge in [-0.05, 0) is 13.8 Å². The Morgan fingerprint density at radius 1 is 1.67 bits per heavy atom. The van der Waals surface area contributed by atoms with E-state index in [1.807, 2.05) is 11.6 Å². The van der Waals surface area contributed by atoms with Crippen LogP contribution >= 0.6 is 22.9 Å². The molecule has 0 unspecified atom stereocenters. The van der Waals surface area contributed by atoms with Crippen molar-refractivity contribution < 1.29 is 0 Å². The fraction of sp³-hybridized carbons (Fsp3) is 0.625. The lowest BCUT2D eigenvalue weighted by Crippen LogP contribution is -2.40. The number of hydrogen-bond acceptors (Lipinski definition) is 3. The molecule has 68 valence electrons. The Bertz CT molecular complexity index is 221.